The van der Waals surface area contributed by atoms with Gasteiger partial charge in [0.2, 0.25) is 0 Å². The van der Waals surface area contributed by atoms with Gasteiger partial charge in [-0.05, 0) is 62.7 Å². The van der Waals surface area contributed by atoms with Crippen molar-refractivity contribution in [3.63, 3.8) is 0 Å². The largest absolute Gasteiger partial charge is 0.453 e. The highest BCUT2D eigenvalue weighted by atomic mass is 32.2. The Morgan fingerprint density at radius 3 is 2.69 bits per heavy atom. The van der Waals surface area contributed by atoms with Crippen LogP contribution in [0.3, 0.4) is 0 Å². The number of ether oxygens (including phenoxy) is 1. The van der Waals surface area contributed by atoms with Gasteiger partial charge in [-0.2, -0.15) is 23.1 Å². The molecule has 15 heteroatoms. The summed E-state index contributed by atoms with van der Waals surface area (Å²) in [4.78, 5) is 17.8. The molecular weight excluding hydrogens is 570 g/mol. The number of aromatic nitrogens is 4. The number of rotatable bonds is 7. The van der Waals surface area contributed by atoms with Gasteiger partial charge in [0.25, 0.3) is 5.56 Å². The number of alkyl halides is 1. The molecule has 4 aromatic rings. The highest BCUT2D eigenvalue weighted by Gasteiger charge is 2.32. The number of piperidine rings is 1. The van der Waals surface area contributed by atoms with E-state index in [4.69, 9.17) is 4.74 Å². The first-order valence-corrected chi connectivity index (χ1v) is 14.8. The Bertz CT molecular complexity index is 1860. The number of fused-ring (bicyclic) bond motifs is 1. The van der Waals surface area contributed by atoms with Crippen molar-refractivity contribution in [1.82, 2.24) is 29.0 Å². The zero-order valence-electron chi connectivity index (χ0n) is 22.2. The lowest BCUT2D eigenvalue weighted by molar-refractivity contribution is 0.342. The first-order valence-electron chi connectivity index (χ1n) is 13.3. The Morgan fingerprint density at radius 1 is 1.14 bits per heavy atom. The van der Waals surface area contributed by atoms with E-state index in [1.54, 1.807) is 12.1 Å². The molecule has 12 nitrogen and oxygen atoms in total. The van der Waals surface area contributed by atoms with Gasteiger partial charge in [0.1, 0.15) is 29.9 Å². The molecule has 6 rings (SSSR count). The molecule has 218 valence electrons. The van der Waals surface area contributed by atoms with Crippen molar-refractivity contribution in [2.24, 2.45) is 0 Å². The molecule has 4 heterocycles. The summed E-state index contributed by atoms with van der Waals surface area (Å²) in [5.41, 5.74) is -0.715. The van der Waals surface area contributed by atoms with E-state index >= 15 is 0 Å². The third kappa shape index (κ3) is 5.31. The fourth-order valence-corrected chi connectivity index (χ4v) is 6.42. The van der Waals surface area contributed by atoms with Crippen molar-refractivity contribution < 1.29 is 21.9 Å². The van der Waals surface area contributed by atoms with Crippen LogP contribution >= 0.6 is 0 Å². The van der Waals surface area contributed by atoms with E-state index in [1.165, 1.54) is 29.1 Å². The molecule has 0 bridgehead atoms. The Labute approximate surface area is 239 Å². The number of nitrogens with one attached hydrogen (secondary N) is 2. The molecule has 2 N–H and O–H groups in total. The molecule has 0 spiro atoms. The minimum absolute atomic E-state index is 0.0228. The second kappa shape index (κ2) is 11.1. The number of anilines is 1. The molecule has 0 amide bonds. The van der Waals surface area contributed by atoms with Gasteiger partial charge in [0, 0.05) is 25.4 Å². The fraction of sp³-hybridized carbons (Fsp3) is 0.333. The second-order valence-electron chi connectivity index (χ2n) is 10.1. The van der Waals surface area contributed by atoms with Gasteiger partial charge < -0.3 is 10.1 Å². The lowest BCUT2D eigenvalue weighted by atomic mass is 10.1. The summed E-state index contributed by atoms with van der Waals surface area (Å²) in [6.07, 6.45) is 3.83. The molecule has 2 aliphatic rings. The van der Waals surface area contributed by atoms with Gasteiger partial charge in [0.15, 0.2) is 17.4 Å². The van der Waals surface area contributed by atoms with Gasteiger partial charge in [0.05, 0.1) is 22.6 Å². The summed E-state index contributed by atoms with van der Waals surface area (Å²) in [7, 11) is -4.20. The van der Waals surface area contributed by atoms with Crippen LogP contribution in [-0.4, -0.2) is 64.4 Å². The van der Waals surface area contributed by atoms with Crippen LogP contribution in [0, 0.1) is 17.1 Å². The molecule has 0 aliphatic carbocycles. The second-order valence-corrected chi connectivity index (χ2v) is 11.8. The Balaban J connectivity index is 1.31. The number of nitriles is 1. The lowest BCUT2D eigenvalue weighted by Gasteiger charge is -2.22. The number of hydrogen-bond donors (Lipinski definition) is 2. The summed E-state index contributed by atoms with van der Waals surface area (Å²) in [5, 5.41) is 17.9. The van der Waals surface area contributed by atoms with Gasteiger partial charge in [-0.15, -0.1) is 0 Å². The van der Waals surface area contributed by atoms with Crippen LogP contribution in [0.15, 0.2) is 53.7 Å². The summed E-state index contributed by atoms with van der Waals surface area (Å²) in [5.74, 6) is -1.04. The monoisotopic (exact) mass is 596 g/mol. The quantitative estimate of drug-likeness (QED) is 0.331. The SMILES string of the molecule is N#Cc1c(NS(=O)(=O)N2CC[C@@H](F)C2)ccc(F)c1Oc1ccc2ncn(-c3ccn(C4CCNCC4)n3)c(=O)c2c1. The predicted octanol–water partition coefficient (Wildman–Crippen LogP) is 3.01. The van der Waals surface area contributed by atoms with E-state index < -0.39 is 39.1 Å². The van der Waals surface area contributed by atoms with Gasteiger partial charge in [-0.1, -0.05) is 0 Å². The summed E-state index contributed by atoms with van der Waals surface area (Å²) in [6, 6.07) is 10.1. The van der Waals surface area contributed by atoms with E-state index in [0.29, 0.717) is 11.3 Å². The van der Waals surface area contributed by atoms with Crippen LogP contribution in [0.25, 0.3) is 16.7 Å². The van der Waals surface area contributed by atoms with E-state index in [2.05, 4.69) is 20.1 Å². The maximum atomic E-state index is 14.9. The number of benzene rings is 2. The zero-order chi connectivity index (χ0) is 29.4. The molecule has 42 heavy (non-hydrogen) atoms. The average Bonchev–Trinajstić information content (AvgIpc) is 3.66. The molecule has 0 radical (unpaired) electrons. The Kier molecular flexibility index (Phi) is 7.35. The van der Waals surface area contributed by atoms with Crippen molar-refractivity contribution in [3.8, 4) is 23.4 Å². The maximum absolute atomic E-state index is 14.9. The van der Waals surface area contributed by atoms with Crippen molar-refractivity contribution in [2.75, 3.05) is 30.9 Å². The van der Waals surface area contributed by atoms with Crippen LogP contribution in [0.1, 0.15) is 30.9 Å². The van der Waals surface area contributed by atoms with Gasteiger partial charge in [-0.25, -0.2) is 18.3 Å². The smallest absolute Gasteiger partial charge is 0.301 e. The minimum Gasteiger partial charge on any atom is -0.453 e. The van der Waals surface area contributed by atoms with Gasteiger partial charge >= 0.3 is 10.2 Å². The normalized spacial score (nSPS) is 18.3. The van der Waals surface area contributed by atoms with Crippen LogP contribution in [0.2, 0.25) is 0 Å². The van der Waals surface area contributed by atoms with Crippen molar-refractivity contribution in [1.29, 1.82) is 5.26 Å². The Morgan fingerprint density at radius 2 is 1.95 bits per heavy atom. The predicted molar refractivity (Wildman–Crippen MR) is 149 cm³/mol. The van der Waals surface area contributed by atoms with E-state index in [0.717, 1.165) is 42.4 Å². The standard InChI is InChI=1S/C27H26F2N8O4S/c28-17-7-11-35(15-17)42(39,40)34-24-4-2-22(29)26(21(24)14-30)41-19-1-3-23-20(13-19)27(38)36(16-32-23)25-8-12-37(33-25)18-5-9-31-10-6-18/h1-4,8,12-13,16-18,31,34H,5-7,9-11,15H2/t17-/m1/s1. The number of nitrogens with zero attached hydrogens (tertiary/aromatic N) is 6. The number of hydrogen-bond acceptors (Lipinski definition) is 8. The van der Waals surface area contributed by atoms with Gasteiger partial charge in [-0.3, -0.25) is 14.2 Å². The fourth-order valence-electron chi connectivity index (χ4n) is 5.14. The van der Waals surface area contributed by atoms with Crippen LogP contribution in [-0.2, 0) is 10.2 Å². The van der Waals surface area contributed by atoms with Crippen LogP contribution in [0.5, 0.6) is 11.5 Å². The topological polar surface area (TPSA) is 147 Å². The molecule has 2 fully saturated rings. The third-order valence-electron chi connectivity index (χ3n) is 7.37. The third-order valence-corrected chi connectivity index (χ3v) is 8.86. The highest BCUT2D eigenvalue weighted by molar-refractivity contribution is 7.90. The zero-order valence-corrected chi connectivity index (χ0v) is 23.0. The number of halogens is 2. The van der Waals surface area contributed by atoms with Crippen molar-refractivity contribution >= 4 is 26.8 Å². The van der Waals surface area contributed by atoms with E-state index in [1.807, 2.05) is 10.9 Å². The van der Waals surface area contributed by atoms with Crippen LogP contribution < -0.4 is 20.3 Å². The average molecular weight is 597 g/mol. The molecule has 2 aliphatic heterocycles. The molecule has 2 aromatic carbocycles. The molecular formula is C27H26F2N8O4S. The molecule has 0 unspecified atom stereocenters. The summed E-state index contributed by atoms with van der Waals surface area (Å²) < 4.78 is 66.0. The van der Waals surface area contributed by atoms with E-state index in [9.17, 15) is 27.3 Å². The lowest BCUT2D eigenvalue weighted by Crippen LogP contribution is -2.34. The highest BCUT2D eigenvalue weighted by Crippen LogP contribution is 2.34. The molecule has 1 atom stereocenters. The molecule has 0 saturated carbocycles. The van der Waals surface area contributed by atoms with Crippen molar-refractivity contribution in [3.05, 3.63) is 70.7 Å². The first kappa shape index (κ1) is 27.8. The molecule has 2 aromatic heterocycles. The van der Waals surface area contributed by atoms with Crippen LogP contribution in [0.4, 0.5) is 14.5 Å². The van der Waals surface area contributed by atoms with E-state index in [-0.39, 0.29) is 42.4 Å². The minimum atomic E-state index is -4.20. The summed E-state index contributed by atoms with van der Waals surface area (Å²) >= 11 is 0. The summed E-state index contributed by atoms with van der Waals surface area (Å²) in [6.45, 7) is 1.44. The maximum Gasteiger partial charge on any atom is 0.301 e. The Hall–Kier alpha value is -4.39. The molecule has 2 saturated heterocycles. The first-order chi connectivity index (χ1) is 20.2. The van der Waals surface area contributed by atoms with Crippen molar-refractivity contribution in [2.45, 2.75) is 31.5 Å².